The minimum absolute atomic E-state index is 0.172. The van der Waals surface area contributed by atoms with E-state index in [4.69, 9.17) is 9.47 Å². The molecule has 2 aliphatic rings. The van der Waals surface area contributed by atoms with Crippen molar-refractivity contribution >= 4 is 56.0 Å². The highest BCUT2D eigenvalue weighted by Crippen LogP contribution is 2.35. The van der Waals surface area contributed by atoms with Gasteiger partial charge in [0.25, 0.3) is 0 Å². The van der Waals surface area contributed by atoms with Crippen molar-refractivity contribution in [2.75, 3.05) is 26.2 Å². The Balaban J connectivity index is 0.000000240. The van der Waals surface area contributed by atoms with Crippen molar-refractivity contribution < 1.29 is 38.9 Å². The van der Waals surface area contributed by atoms with Crippen molar-refractivity contribution in [1.82, 2.24) is 9.80 Å². The van der Waals surface area contributed by atoms with E-state index in [9.17, 15) is 29.4 Å². The Morgan fingerprint density at radius 1 is 0.614 bits per heavy atom. The number of nitrogens with zero attached hydrogens (tertiary/aromatic N) is 2. The quantitative estimate of drug-likeness (QED) is 0.344. The molecule has 0 bridgehead atoms. The summed E-state index contributed by atoms with van der Waals surface area (Å²) in [5.41, 5.74) is 0.653. The van der Waals surface area contributed by atoms with Crippen LogP contribution in [0.25, 0.3) is 0 Å². The van der Waals surface area contributed by atoms with Gasteiger partial charge < -0.3 is 29.5 Å². The number of carboxylic acid groups (broad SMARTS) is 2. The molecule has 2 heterocycles. The fourth-order valence-electron chi connectivity index (χ4n) is 5.15. The number of aliphatic carboxylic acids is 2. The second-order valence-corrected chi connectivity index (χ2v) is 14.8. The number of ether oxygens (including phenoxy) is 2. The Labute approximate surface area is 274 Å². The number of carbonyl (C=O) groups is 4. The lowest BCUT2D eigenvalue weighted by Gasteiger charge is -2.24. The second-order valence-electron chi connectivity index (χ2n) is 13.0. The van der Waals surface area contributed by atoms with Crippen LogP contribution in [0.4, 0.5) is 9.59 Å². The van der Waals surface area contributed by atoms with E-state index in [0.717, 1.165) is 20.1 Å². The molecule has 2 amide bonds. The van der Waals surface area contributed by atoms with E-state index in [1.807, 2.05) is 48.5 Å². The summed E-state index contributed by atoms with van der Waals surface area (Å²) >= 11 is 6.73. The average Bonchev–Trinajstić information content (AvgIpc) is 3.54. The van der Waals surface area contributed by atoms with E-state index in [-0.39, 0.29) is 24.9 Å². The highest BCUT2D eigenvalue weighted by atomic mass is 79.9. The standard InChI is InChI=1S/2C16H20BrNO4/c2*1-16(2,3)22-15(21)18-8-12(13(9-18)14(19)20)10-4-6-11(17)7-5-10/h2*4-7,12-13H,8-9H2,1-3H3,(H,19,20)/t2*12-,13+/m10/s1. The van der Waals surface area contributed by atoms with Gasteiger partial charge in [-0.15, -0.1) is 0 Å². The number of likely N-dealkylation sites (tertiary alicyclic amines) is 2. The van der Waals surface area contributed by atoms with Gasteiger partial charge in [-0.1, -0.05) is 56.1 Å². The Bertz CT molecular complexity index is 1230. The van der Waals surface area contributed by atoms with E-state index >= 15 is 0 Å². The van der Waals surface area contributed by atoms with Crippen LogP contribution < -0.4 is 0 Å². The van der Waals surface area contributed by atoms with E-state index in [1.54, 1.807) is 41.5 Å². The first-order chi connectivity index (χ1) is 20.3. The molecule has 4 atom stereocenters. The molecule has 0 spiro atoms. The molecule has 240 valence electrons. The van der Waals surface area contributed by atoms with E-state index < -0.39 is 47.2 Å². The van der Waals surface area contributed by atoms with E-state index in [0.29, 0.717) is 13.1 Å². The number of hydrogen-bond acceptors (Lipinski definition) is 6. The van der Waals surface area contributed by atoms with Crippen molar-refractivity contribution in [2.45, 2.75) is 64.6 Å². The smallest absolute Gasteiger partial charge is 0.410 e. The van der Waals surface area contributed by atoms with Crippen LogP contribution in [-0.2, 0) is 19.1 Å². The summed E-state index contributed by atoms with van der Waals surface area (Å²) in [5, 5.41) is 18.9. The SMILES string of the molecule is CC(C)(C)OC(=O)N1C[C@@H](C(=O)O)[C@H](c2ccc(Br)cc2)C1.CC(C)(C)OC(=O)N1C[C@H](C(=O)O)[C@@H](c2ccc(Br)cc2)C1. The lowest BCUT2D eigenvalue weighted by Crippen LogP contribution is -2.35. The molecule has 12 heteroatoms. The Morgan fingerprint density at radius 2 is 0.909 bits per heavy atom. The lowest BCUT2D eigenvalue weighted by atomic mass is 9.89. The number of benzene rings is 2. The molecule has 2 fully saturated rings. The van der Waals surface area contributed by atoms with Crippen molar-refractivity contribution in [3.63, 3.8) is 0 Å². The Hall–Kier alpha value is -3.12. The molecule has 0 radical (unpaired) electrons. The van der Waals surface area contributed by atoms with E-state index in [2.05, 4.69) is 31.9 Å². The monoisotopic (exact) mass is 738 g/mol. The van der Waals surface area contributed by atoms with Gasteiger partial charge in [0, 0.05) is 47.0 Å². The van der Waals surface area contributed by atoms with Gasteiger partial charge in [-0.05, 0) is 76.9 Å². The first-order valence-corrected chi connectivity index (χ1v) is 15.9. The van der Waals surface area contributed by atoms with Crippen molar-refractivity contribution in [3.8, 4) is 0 Å². The molecule has 0 saturated carbocycles. The van der Waals surface area contributed by atoms with Crippen LogP contribution in [0, 0.1) is 11.8 Å². The zero-order valence-corrected chi connectivity index (χ0v) is 28.9. The minimum atomic E-state index is -0.890. The maximum Gasteiger partial charge on any atom is 0.410 e. The van der Waals surface area contributed by atoms with Crippen LogP contribution in [0.2, 0.25) is 0 Å². The molecule has 2 saturated heterocycles. The topological polar surface area (TPSA) is 134 Å². The highest BCUT2D eigenvalue weighted by Gasteiger charge is 2.43. The maximum atomic E-state index is 12.2. The number of amides is 2. The Morgan fingerprint density at radius 3 is 1.16 bits per heavy atom. The number of hydrogen-bond donors (Lipinski definition) is 2. The number of halogens is 2. The summed E-state index contributed by atoms with van der Waals surface area (Å²) in [7, 11) is 0. The predicted molar refractivity (Wildman–Crippen MR) is 172 cm³/mol. The summed E-state index contributed by atoms with van der Waals surface area (Å²) < 4.78 is 12.5. The van der Waals surface area contributed by atoms with Crippen molar-refractivity contribution in [3.05, 3.63) is 68.6 Å². The molecule has 4 rings (SSSR count). The third-order valence-corrected chi connectivity index (χ3v) is 8.23. The highest BCUT2D eigenvalue weighted by molar-refractivity contribution is 9.10. The molecule has 10 nitrogen and oxygen atoms in total. The number of carboxylic acids is 2. The second kappa shape index (κ2) is 14.3. The van der Waals surface area contributed by atoms with Crippen LogP contribution in [0.5, 0.6) is 0 Å². The van der Waals surface area contributed by atoms with Gasteiger partial charge in [0.1, 0.15) is 11.2 Å². The summed E-state index contributed by atoms with van der Waals surface area (Å²) in [6.07, 6.45) is -0.920. The summed E-state index contributed by atoms with van der Waals surface area (Å²) in [6.45, 7) is 11.8. The van der Waals surface area contributed by atoms with Gasteiger partial charge in [-0.25, -0.2) is 9.59 Å². The van der Waals surface area contributed by atoms with Gasteiger partial charge in [0.2, 0.25) is 0 Å². The van der Waals surface area contributed by atoms with Gasteiger partial charge in [0.05, 0.1) is 11.8 Å². The first kappa shape index (κ1) is 35.4. The molecule has 2 aliphatic heterocycles. The molecule has 0 aliphatic carbocycles. The van der Waals surface area contributed by atoms with Crippen LogP contribution in [0.15, 0.2) is 57.5 Å². The van der Waals surface area contributed by atoms with E-state index in [1.165, 1.54) is 9.80 Å². The predicted octanol–water partition coefficient (Wildman–Crippen LogP) is 6.97. The number of rotatable bonds is 4. The zero-order valence-electron chi connectivity index (χ0n) is 25.8. The molecule has 0 aromatic heterocycles. The lowest BCUT2D eigenvalue weighted by molar-refractivity contribution is -0.142. The Kier molecular flexibility index (Phi) is 11.5. The molecule has 44 heavy (non-hydrogen) atoms. The molecule has 2 aromatic carbocycles. The van der Waals surface area contributed by atoms with Crippen LogP contribution in [0.3, 0.4) is 0 Å². The van der Waals surface area contributed by atoms with Crippen LogP contribution >= 0.6 is 31.9 Å². The third kappa shape index (κ3) is 9.95. The molecule has 2 aromatic rings. The van der Waals surface area contributed by atoms with Crippen molar-refractivity contribution in [1.29, 1.82) is 0 Å². The van der Waals surface area contributed by atoms with Gasteiger partial charge in [-0.3, -0.25) is 9.59 Å². The minimum Gasteiger partial charge on any atom is -0.481 e. The number of carbonyl (C=O) groups excluding carboxylic acids is 2. The third-order valence-electron chi connectivity index (χ3n) is 7.17. The zero-order chi connectivity index (χ0) is 33.0. The first-order valence-electron chi connectivity index (χ1n) is 14.3. The summed E-state index contributed by atoms with van der Waals surface area (Å²) in [4.78, 5) is 50.3. The fraction of sp³-hybridized carbons (Fsp3) is 0.500. The molecular weight excluding hydrogens is 700 g/mol. The summed E-state index contributed by atoms with van der Waals surface area (Å²) in [5.74, 6) is -3.46. The maximum absolute atomic E-state index is 12.2. The fourth-order valence-corrected chi connectivity index (χ4v) is 5.68. The van der Waals surface area contributed by atoms with Crippen LogP contribution in [-0.4, -0.2) is 81.5 Å². The van der Waals surface area contributed by atoms with Crippen molar-refractivity contribution in [2.24, 2.45) is 11.8 Å². The molecule has 0 unspecified atom stereocenters. The normalized spacial score (nSPS) is 21.7. The molecular formula is C32H40Br2N2O8. The van der Waals surface area contributed by atoms with Gasteiger partial charge in [0.15, 0.2) is 0 Å². The van der Waals surface area contributed by atoms with Crippen LogP contribution in [0.1, 0.15) is 64.5 Å². The van der Waals surface area contributed by atoms with Gasteiger partial charge >= 0.3 is 24.1 Å². The largest absolute Gasteiger partial charge is 0.481 e. The summed E-state index contributed by atoms with van der Waals surface area (Å²) in [6, 6.07) is 15.1. The molecule has 2 N–H and O–H groups in total. The average molecular weight is 740 g/mol. The van der Waals surface area contributed by atoms with Gasteiger partial charge in [-0.2, -0.15) is 0 Å².